The van der Waals surface area contributed by atoms with E-state index < -0.39 is 5.97 Å². The first-order chi connectivity index (χ1) is 12.0. The Hall–Kier alpha value is -2.47. The van der Waals surface area contributed by atoms with Gasteiger partial charge in [-0.3, -0.25) is 9.59 Å². The van der Waals surface area contributed by atoms with E-state index in [2.05, 4.69) is 0 Å². The largest absolute Gasteiger partial charge is 0.451 e. The second kappa shape index (κ2) is 7.19. The number of rotatable bonds is 4. The number of anilines is 1. The van der Waals surface area contributed by atoms with Crippen LogP contribution < -0.4 is 4.90 Å². The van der Waals surface area contributed by atoms with Crippen LogP contribution in [0.3, 0.4) is 0 Å². The molecule has 0 saturated heterocycles. The van der Waals surface area contributed by atoms with Crippen LogP contribution in [-0.4, -0.2) is 30.3 Å². The van der Waals surface area contributed by atoms with Crippen molar-refractivity contribution in [1.29, 1.82) is 0 Å². The summed E-state index contributed by atoms with van der Waals surface area (Å²) < 4.78 is 5.17. The SMILES string of the molecule is CC(=O)c1ccc(C(=O)OCC(=O)N2c3ccccc3CCC2C)s1. The van der Waals surface area contributed by atoms with Crippen LogP contribution in [0.25, 0.3) is 0 Å². The Labute approximate surface area is 150 Å². The molecule has 0 spiro atoms. The molecule has 0 saturated carbocycles. The first-order valence-corrected chi connectivity index (χ1v) is 8.97. The second-order valence-electron chi connectivity index (χ2n) is 6.08. The van der Waals surface area contributed by atoms with Gasteiger partial charge < -0.3 is 9.64 Å². The van der Waals surface area contributed by atoms with Gasteiger partial charge in [0.1, 0.15) is 4.88 Å². The minimum atomic E-state index is -0.580. The van der Waals surface area contributed by atoms with Crippen molar-refractivity contribution < 1.29 is 19.1 Å². The number of hydrogen-bond acceptors (Lipinski definition) is 5. The topological polar surface area (TPSA) is 63.7 Å². The molecule has 0 radical (unpaired) electrons. The molecule has 1 atom stereocenters. The predicted molar refractivity (Wildman–Crippen MR) is 96.3 cm³/mol. The van der Waals surface area contributed by atoms with Crippen molar-refractivity contribution in [1.82, 2.24) is 0 Å². The maximum absolute atomic E-state index is 12.6. The molecule has 0 N–H and O–H groups in total. The number of fused-ring (bicyclic) bond motifs is 1. The van der Waals surface area contributed by atoms with Crippen LogP contribution >= 0.6 is 11.3 Å². The number of aryl methyl sites for hydroxylation is 1. The third-order valence-corrected chi connectivity index (χ3v) is 5.44. The number of thiophene rings is 1. The van der Waals surface area contributed by atoms with Gasteiger partial charge in [0.05, 0.1) is 4.88 Å². The number of nitrogens with zero attached hydrogens (tertiary/aromatic N) is 1. The predicted octanol–water partition coefficient (Wildman–Crippen LogP) is 3.48. The molecule has 3 rings (SSSR count). The molecular formula is C19H19NO4S. The van der Waals surface area contributed by atoms with Gasteiger partial charge in [0.25, 0.3) is 5.91 Å². The van der Waals surface area contributed by atoms with E-state index in [4.69, 9.17) is 4.74 Å². The summed E-state index contributed by atoms with van der Waals surface area (Å²) in [6.45, 7) is 3.12. The molecule has 2 heterocycles. The first-order valence-electron chi connectivity index (χ1n) is 8.15. The number of esters is 1. The van der Waals surface area contributed by atoms with Crippen molar-refractivity contribution in [3.05, 3.63) is 51.7 Å². The molecule has 1 unspecified atom stereocenters. The lowest BCUT2D eigenvalue weighted by molar-refractivity contribution is -0.122. The van der Waals surface area contributed by atoms with E-state index in [0.717, 1.165) is 35.4 Å². The Balaban J connectivity index is 1.68. The third-order valence-electron chi connectivity index (χ3n) is 4.27. The number of hydrogen-bond donors (Lipinski definition) is 0. The Morgan fingerprint density at radius 2 is 1.88 bits per heavy atom. The summed E-state index contributed by atoms with van der Waals surface area (Å²) in [4.78, 5) is 38.6. The maximum Gasteiger partial charge on any atom is 0.348 e. The molecule has 130 valence electrons. The van der Waals surface area contributed by atoms with E-state index in [9.17, 15) is 14.4 Å². The third kappa shape index (κ3) is 3.64. The maximum atomic E-state index is 12.6. The van der Waals surface area contributed by atoms with Crippen LogP contribution in [0.5, 0.6) is 0 Å². The van der Waals surface area contributed by atoms with E-state index >= 15 is 0 Å². The van der Waals surface area contributed by atoms with Crippen LogP contribution in [0.15, 0.2) is 36.4 Å². The van der Waals surface area contributed by atoms with Crippen LogP contribution in [-0.2, 0) is 16.0 Å². The molecular weight excluding hydrogens is 338 g/mol. The van der Waals surface area contributed by atoms with Gasteiger partial charge in [0.2, 0.25) is 0 Å². The van der Waals surface area contributed by atoms with Crippen LogP contribution in [0.1, 0.15) is 45.2 Å². The van der Waals surface area contributed by atoms with Crippen molar-refractivity contribution in [2.24, 2.45) is 0 Å². The Kier molecular flexibility index (Phi) is 4.99. The summed E-state index contributed by atoms with van der Waals surface area (Å²) in [5.41, 5.74) is 2.02. The van der Waals surface area contributed by atoms with Gasteiger partial charge >= 0.3 is 5.97 Å². The Morgan fingerprint density at radius 3 is 2.60 bits per heavy atom. The molecule has 2 aromatic rings. The molecule has 1 amide bonds. The number of ketones is 1. The highest BCUT2D eigenvalue weighted by molar-refractivity contribution is 7.15. The molecule has 0 aliphatic carbocycles. The highest BCUT2D eigenvalue weighted by Gasteiger charge is 2.28. The van der Waals surface area contributed by atoms with E-state index in [1.807, 2.05) is 31.2 Å². The quantitative estimate of drug-likeness (QED) is 0.621. The monoisotopic (exact) mass is 357 g/mol. The van der Waals surface area contributed by atoms with Crippen molar-refractivity contribution in [2.75, 3.05) is 11.5 Å². The number of amides is 1. The van der Waals surface area contributed by atoms with Crippen molar-refractivity contribution >= 4 is 34.7 Å². The number of carbonyl (C=O) groups is 3. The fraction of sp³-hybridized carbons (Fsp3) is 0.316. The molecule has 0 fully saturated rings. The fourth-order valence-electron chi connectivity index (χ4n) is 2.97. The standard InChI is InChI=1S/C19H19NO4S/c1-12-7-8-14-5-3-4-6-15(14)20(12)18(22)11-24-19(23)17-10-9-16(25-17)13(2)21/h3-6,9-10,12H,7-8,11H2,1-2H3. The zero-order valence-corrected chi connectivity index (χ0v) is 15.0. The van der Waals surface area contributed by atoms with Gasteiger partial charge in [-0.05, 0) is 50.5 Å². The van der Waals surface area contributed by atoms with E-state index in [0.29, 0.717) is 9.75 Å². The summed E-state index contributed by atoms with van der Waals surface area (Å²) in [6.07, 6.45) is 1.81. The molecule has 0 bridgehead atoms. The van der Waals surface area contributed by atoms with Gasteiger partial charge in [-0.2, -0.15) is 0 Å². The average molecular weight is 357 g/mol. The summed E-state index contributed by atoms with van der Waals surface area (Å²) >= 11 is 1.08. The summed E-state index contributed by atoms with van der Waals surface area (Å²) in [5, 5.41) is 0. The molecule has 1 aromatic carbocycles. The van der Waals surface area contributed by atoms with E-state index in [1.54, 1.807) is 17.0 Å². The number of para-hydroxylation sites is 1. The molecule has 6 heteroatoms. The summed E-state index contributed by atoms with van der Waals surface area (Å²) in [7, 11) is 0. The van der Waals surface area contributed by atoms with Gasteiger partial charge in [0.15, 0.2) is 12.4 Å². The van der Waals surface area contributed by atoms with E-state index in [1.165, 1.54) is 6.92 Å². The van der Waals surface area contributed by atoms with Crippen molar-refractivity contribution in [3.63, 3.8) is 0 Å². The lowest BCUT2D eigenvalue weighted by atomic mass is 9.96. The highest BCUT2D eigenvalue weighted by atomic mass is 32.1. The van der Waals surface area contributed by atoms with Crippen LogP contribution in [0, 0.1) is 0 Å². The number of Topliss-reactive ketones (excluding diaryl/α,β-unsaturated/α-hetero) is 1. The summed E-state index contributed by atoms with van der Waals surface area (Å²) in [6, 6.07) is 11.0. The smallest absolute Gasteiger partial charge is 0.348 e. The fourth-order valence-corrected chi connectivity index (χ4v) is 3.77. The van der Waals surface area contributed by atoms with E-state index in [-0.39, 0.29) is 24.3 Å². The van der Waals surface area contributed by atoms with Gasteiger partial charge in [0, 0.05) is 11.7 Å². The molecule has 1 aliphatic heterocycles. The Morgan fingerprint density at radius 1 is 1.16 bits per heavy atom. The van der Waals surface area contributed by atoms with Crippen molar-refractivity contribution in [3.8, 4) is 0 Å². The number of carbonyl (C=O) groups excluding carboxylic acids is 3. The minimum Gasteiger partial charge on any atom is -0.451 e. The number of benzene rings is 1. The minimum absolute atomic E-state index is 0.0622. The molecule has 5 nitrogen and oxygen atoms in total. The zero-order valence-electron chi connectivity index (χ0n) is 14.2. The molecule has 25 heavy (non-hydrogen) atoms. The average Bonchev–Trinajstić information content (AvgIpc) is 3.10. The summed E-state index contributed by atoms with van der Waals surface area (Å²) in [5.74, 6) is -0.918. The van der Waals surface area contributed by atoms with Gasteiger partial charge in [-0.1, -0.05) is 18.2 Å². The molecule has 1 aliphatic rings. The normalized spacial score (nSPS) is 16.2. The molecule has 1 aromatic heterocycles. The zero-order chi connectivity index (χ0) is 18.0. The lowest BCUT2D eigenvalue weighted by Crippen LogP contribution is -2.44. The highest BCUT2D eigenvalue weighted by Crippen LogP contribution is 2.30. The van der Waals surface area contributed by atoms with Crippen LogP contribution in [0.2, 0.25) is 0 Å². The van der Waals surface area contributed by atoms with Crippen LogP contribution in [0.4, 0.5) is 5.69 Å². The van der Waals surface area contributed by atoms with Crippen molar-refractivity contribution in [2.45, 2.75) is 32.7 Å². The first kappa shape index (κ1) is 17.4. The number of ether oxygens (including phenoxy) is 1. The van der Waals surface area contributed by atoms with Gasteiger partial charge in [-0.25, -0.2) is 4.79 Å². The van der Waals surface area contributed by atoms with Gasteiger partial charge in [-0.15, -0.1) is 11.3 Å². The lowest BCUT2D eigenvalue weighted by Gasteiger charge is -2.35. The second-order valence-corrected chi connectivity index (χ2v) is 7.16. The Bertz CT molecular complexity index is 826.